The Morgan fingerprint density at radius 3 is 2.85 bits per heavy atom. The molecule has 1 unspecified atom stereocenters. The third-order valence-corrected chi connectivity index (χ3v) is 4.41. The lowest BCUT2D eigenvalue weighted by molar-refractivity contribution is -0.121. The van der Waals surface area contributed by atoms with Gasteiger partial charge in [0, 0.05) is 38.9 Å². The molecule has 0 aromatic carbocycles. The van der Waals surface area contributed by atoms with Gasteiger partial charge in [0.25, 0.3) is 5.91 Å². The Hall–Kier alpha value is -1.33. The summed E-state index contributed by atoms with van der Waals surface area (Å²) >= 11 is 6.00. The molecule has 0 saturated carbocycles. The SMILES string of the molecule is CC(C)N1CCN2c3ncc(Cl)cc3N(C)C(=O)C2C1. The molecule has 5 nitrogen and oxygen atoms in total. The maximum absolute atomic E-state index is 12.6. The smallest absolute Gasteiger partial charge is 0.250 e. The normalized spacial score (nSPS) is 23.1. The predicted octanol–water partition coefficient (Wildman–Crippen LogP) is 1.61. The minimum atomic E-state index is -0.141. The van der Waals surface area contributed by atoms with E-state index in [1.807, 2.05) is 6.07 Å². The summed E-state index contributed by atoms with van der Waals surface area (Å²) in [6, 6.07) is 2.12. The van der Waals surface area contributed by atoms with E-state index in [1.54, 1.807) is 18.1 Å². The summed E-state index contributed by atoms with van der Waals surface area (Å²) in [5.74, 6) is 0.983. The molecule has 2 aliphatic rings. The van der Waals surface area contributed by atoms with Crippen molar-refractivity contribution in [3.8, 4) is 0 Å². The molecule has 1 saturated heterocycles. The van der Waals surface area contributed by atoms with Gasteiger partial charge in [-0.1, -0.05) is 11.6 Å². The van der Waals surface area contributed by atoms with E-state index in [1.165, 1.54) is 0 Å². The molecule has 2 aliphatic heterocycles. The Kier molecular flexibility index (Phi) is 3.34. The van der Waals surface area contributed by atoms with Gasteiger partial charge < -0.3 is 9.80 Å². The van der Waals surface area contributed by atoms with Crippen molar-refractivity contribution in [1.82, 2.24) is 9.88 Å². The van der Waals surface area contributed by atoms with E-state index in [-0.39, 0.29) is 11.9 Å². The highest BCUT2D eigenvalue weighted by Crippen LogP contribution is 2.36. The van der Waals surface area contributed by atoms with Crippen molar-refractivity contribution in [2.75, 3.05) is 36.5 Å². The minimum absolute atomic E-state index is 0.118. The highest BCUT2D eigenvalue weighted by atomic mass is 35.5. The molecule has 0 bridgehead atoms. The van der Waals surface area contributed by atoms with Crippen LogP contribution in [-0.2, 0) is 4.79 Å². The summed E-state index contributed by atoms with van der Waals surface area (Å²) < 4.78 is 0. The molecular weight excluding hydrogens is 276 g/mol. The van der Waals surface area contributed by atoms with E-state index < -0.39 is 0 Å². The third kappa shape index (κ3) is 2.05. The maximum atomic E-state index is 12.6. The number of fused-ring (bicyclic) bond motifs is 3. The first-order chi connectivity index (χ1) is 9.49. The Bertz CT molecular complexity index is 548. The van der Waals surface area contributed by atoms with Crippen LogP contribution in [0.15, 0.2) is 12.3 Å². The van der Waals surface area contributed by atoms with Crippen molar-refractivity contribution < 1.29 is 4.79 Å². The number of rotatable bonds is 1. The van der Waals surface area contributed by atoms with Gasteiger partial charge in [-0.15, -0.1) is 0 Å². The topological polar surface area (TPSA) is 39.7 Å². The number of aromatic nitrogens is 1. The standard InChI is InChI=1S/C14H19ClN4O/c1-9(2)18-4-5-19-12(8-18)14(20)17(3)11-6-10(15)7-16-13(11)19/h6-7,9,12H,4-5,8H2,1-3H3. The predicted molar refractivity (Wildman–Crippen MR) is 80.5 cm³/mol. The van der Waals surface area contributed by atoms with Crippen LogP contribution in [0.4, 0.5) is 11.5 Å². The van der Waals surface area contributed by atoms with Gasteiger partial charge in [0.05, 0.1) is 10.7 Å². The van der Waals surface area contributed by atoms with Gasteiger partial charge in [-0.3, -0.25) is 9.69 Å². The Morgan fingerprint density at radius 2 is 2.15 bits per heavy atom. The number of anilines is 2. The van der Waals surface area contributed by atoms with Gasteiger partial charge in [-0.25, -0.2) is 4.98 Å². The molecule has 1 aromatic rings. The van der Waals surface area contributed by atoms with Gasteiger partial charge in [-0.05, 0) is 19.9 Å². The van der Waals surface area contributed by atoms with E-state index in [4.69, 9.17) is 11.6 Å². The quantitative estimate of drug-likeness (QED) is 0.789. The average molecular weight is 295 g/mol. The van der Waals surface area contributed by atoms with Crippen LogP contribution in [0, 0.1) is 0 Å². The van der Waals surface area contributed by atoms with Crippen molar-refractivity contribution in [2.45, 2.75) is 25.9 Å². The zero-order valence-electron chi connectivity index (χ0n) is 12.0. The van der Waals surface area contributed by atoms with Gasteiger partial charge >= 0.3 is 0 Å². The molecule has 0 N–H and O–H groups in total. The molecule has 0 spiro atoms. The van der Waals surface area contributed by atoms with Crippen LogP contribution in [-0.4, -0.2) is 54.6 Å². The van der Waals surface area contributed by atoms with Crippen molar-refractivity contribution in [2.24, 2.45) is 0 Å². The Morgan fingerprint density at radius 1 is 1.40 bits per heavy atom. The first-order valence-corrected chi connectivity index (χ1v) is 7.30. The summed E-state index contributed by atoms with van der Waals surface area (Å²) in [6.45, 7) is 6.86. The second-order valence-electron chi connectivity index (χ2n) is 5.69. The zero-order valence-corrected chi connectivity index (χ0v) is 12.8. The number of piperazine rings is 1. The zero-order chi connectivity index (χ0) is 14.4. The molecule has 108 valence electrons. The number of likely N-dealkylation sites (N-methyl/N-ethyl adjacent to an activating group) is 1. The summed E-state index contributed by atoms with van der Waals surface area (Å²) in [6.07, 6.45) is 1.65. The number of hydrogen-bond acceptors (Lipinski definition) is 4. The van der Waals surface area contributed by atoms with E-state index in [9.17, 15) is 4.79 Å². The van der Waals surface area contributed by atoms with Gasteiger partial charge in [-0.2, -0.15) is 0 Å². The van der Waals surface area contributed by atoms with Crippen LogP contribution in [0.1, 0.15) is 13.8 Å². The first kappa shape index (κ1) is 13.6. The van der Waals surface area contributed by atoms with Crippen molar-refractivity contribution in [1.29, 1.82) is 0 Å². The molecule has 20 heavy (non-hydrogen) atoms. The molecule has 1 amide bonds. The fourth-order valence-electron chi connectivity index (χ4n) is 2.97. The van der Waals surface area contributed by atoms with E-state index in [0.717, 1.165) is 31.1 Å². The second-order valence-corrected chi connectivity index (χ2v) is 6.13. The van der Waals surface area contributed by atoms with Gasteiger partial charge in [0.1, 0.15) is 6.04 Å². The number of amides is 1. The van der Waals surface area contributed by atoms with Crippen LogP contribution in [0.5, 0.6) is 0 Å². The lowest BCUT2D eigenvalue weighted by Gasteiger charge is -2.47. The fraction of sp³-hybridized carbons (Fsp3) is 0.571. The number of hydrogen-bond donors (Lipinski definition) is 0. The summed E-state index contributed by atoms with van der Waals surface area (Å²) in [4.78, 5) is 23.2. The van der Waals surface area contributed by atoms with Crippen LogP contribution in [0.2, 0.25) is 5.02 Å². The summed E-state index contributed by atoms with van der Waals surface area (Å²) in [5, 5.41) is 0.558. The van der Waals surface area contributed by atoms with Crippen molar-refractivity contribution in [3.63, 3.8) is 0 Å². The Labute approximate surface area is 124 Å². The maximum Gasteiger partial charge on any atom is 0.250 e. The van der Waals surface area contributed by atoms with Gasteiger partial charge in [0.15, 0.2) is 5.82 Å². The number of halogens is 1. The van der Waals surface area contributed by atoms with Gasteiger partial charge in [0.2, 0.25) is 0 Å². The molecule has 3 heterocycles. The molecule has 1 atom stereocenters. The summed E-state index contributed by atoms with van der Waals surface area (Å²) in [7, 11) is 1.80. The van der Waals surface area contributed by atoms with Crippen molar-refractivity contribution in [3.05, 3.63) is 17.3 Å². The van der Waals surface area contributed by atoms with E-state index in [0.29, 0.717) is 11.1 Å². The number of carbonyl (C=O) groups is 1. The molecule has 3 rings (SSSR count). The highest BCUT2D eigenvalue weighted by Gasteiger charge is 2.41. The number of carbonyl (C=O) groups excluding carboxylic acids is 1. The minimum Gasteiger partial charge on any atom is -0.340 e. The van der Waals surface area contributed by atoms with Crippen molar-refractivity contribution >= 4 is 29.0 Å². The third-order valence-electron chi connectivity index (χ3n) is 4.20. The van der Waals surface area contributed by atoms with Crippen LogP contribution < -0.4 is 9.80 Å². The number of nitrogens with zero attached hydrogens (tertiary/aromatic N) is 4. The molecule has 0 aliphatic carbocycles. The number of pyridine rings is 1. The lowest BCUT2D eigenvalue weighted by atomic mass is 10.1. The largest absolute Gasteiger partial charge is 0.340 e. The average Bonchev–Trinajstić information content (AvgIpc) is 2.44. The monoisotopic (exact) mass is 294 g/mol. The lowest BCUT2D eigenvalue weighted by Crippen LogP contribution is -2.63. The van der Waals surface area contributed by atoms with E-state index in [2.05, 4.69) is 28.6 Å². The first-order valence-electron chi connectivity index (χ1n) is 6.93. The highest BCUT2D eigenvalue weighted by molar-refractivity contribution is 6.31. The summed E-state index contributed by atoms with van der Waals surface area (Å²) in [5.41, 5.74) is 0.803. The molecule has 1 aromatic heterocycles. The van der Waals surface area contributed by atoms with Crippen LogP contribution >= 0.6 is 11.6 Å². The molecule has 6 heteroatoms. The molecule has 0 radical (unpaired) electrons. The fourth-order valence-corrected chi connectivity index (χ4v) is 3.12. The molecule has 1 fully saturated rings. The Balaban J connectivity index is 1.99. The van der Waals surface area contributed by atoms with Crippen LogP contribution in [0.3, 0.4) is 0 Å². The van der Waals surface area contributed by atoms with Crippen LogP contribution in [0.25, 0.3) is 0 Å². The van der Waals surface area contributed by atoms with E-state index >= 15 is 0 Å². The second kappa shape index (κ2) is 4.90. The molecular formula is C14H19ClN4O.